The number of carbonyl (C=O) groups excluding carboxylic acids is 1. The van der Waals surface area contributed by atoms with Crippen LogP contribution in [0.3, 0.4) is 0 Å². The second-order valence-corrected chi connectivity index (χ2v) is 8.22. The monoisotopic (exact) mass is 388 g/mol. The topological polar surface area (TPSA) is 115 Å². The molecular weight excluding hydrogens is 360 g/mol. The lowest BCUT2D eigenvalue weighted by Crippen LogP contribution is -2.66. The number of hydrogen-bond acceptors (Lipinski definition) is 8. The number of ether oxygens (including phenoxy) is 1. The zero-order valence-electron chi connectivity index (χ0n) is 16.7. The minimum Gasteiger partial charge on any atom is -0.388 e. The Morgan fingerprint density at radius 1 is 1.43 bits per heavy atom. The molecule has 1 aromatic rings. The van der Waals surface area contributed by atoms with Gasteiger partial charge in [-0.3, -0.25) is 4.79 Å². The van der Waals surface area contributed by atoms with E-state index in [1.54, 1.807) is 11.1 Å². The number of nitrogens with one attached hydrogen (secondary N) is 1. The third-order valence-electron chi connectivity index (χ3n) is 5.62. The van der Waals surface area contributed by atoms with Crippen LogP contribution in [-0.2, 0) is 9.53 Å². The lowest BCUT2D eigenvalue weighted by molar-refractivity contribution is -0.172. The minimum absolute atomic E-state index is 0.112. The van der Waals surface area contributed by atoms with E-state index in [0.717, 1.165) is 12.8 Å². The van der Waals surface area contributed by atoms with Gasteiger partial charge in [0.05, 0.1) is 24.3 Å². The number of aliphatic hydroxyl groups excluding tert-OH is 1. The summed E-state index contributed by atoms with van der Waals surface area (Å²) in [6.45, 7) is 3.69. The first-order chi connectivity index (χ1) is 13.3. The summed E-state index contributed by atoms with van der Waals surface area (Å²) in [4.78, 5) is 24.5. The summed E-state index contributed by atoms with van der Waals surface area (Å²) in [5.74, 6) is 0.483. The quantitative estimate of drug-likeness (QED) is 0.735. The maximum atomic E-state index is 12.3. The van der Waals surface area contributed by atoms with E-state index < -0.39 is 17.2 Å². The molecule has 0 aromatic carbocycles. The fraction of sp³-hybridized carbons (Fsp3) is 0.684. The van der Waals surface area contributed by atoms with Gasteiger partial charge in [-0.25, -0.2) is 9.97 Å². The van der Waals surface area contributed by atoms with Crippen molar-refractivity contribution in [3.63, 3.8) is 0 Å². The molecule has 2 fully saturated rings. The molecule has 3 rings (SSSR count). The summed E-state index contributed by atoms with van der Waals surface area (Å²) in [5, 5.41) is 22.8. The van der Waals surface area contributed by atoms with Crippen molar-refractivity contribution in [2.24, 2.45) is 0 Å². The van der Waals surface area contributed by atoms with E-state index in [0.29, 0.717) is 31.0 Å². The first kappa shape index (κ1) is 20.5. The van der Waals surface area contributed by atoms with Gasteiger partial charge in [0.2, 0.25) is 5.91 Å². The molecule has 2 aliphatic heterocycles. The predicted octanol–water partition coefficient (Wildman–Crippen LogP) is -0.0950. The van der Waals surface area contributed by atoms with E-state index in [-0.39, 0.29) is 19.1 Å². The first-order valence-corrected chi connectivity index (χ1v) is 9.51. The summed E-state index contributed by atoms with van der Waals surface area (Å²) in [6.07, 6.45) is 4.33. The van der Waals surface area contributed by atoms with Crippen LogP contribution in [0.4, 0.5) is 5.82 Å². The van der Waals surface area contributed by atoms with E-state index in [9.17, 15) is 15.2 Å². The summed E-state index contributed by atoms with van der Waals surface area (Å²) in [6, 6.07) is 2.09. The van der Waals surface area contributed by atoms with Gasteiger partial charge in [-0.05, 0) is 33.9 Å². The van der Waals surface area contributed by atoms with Gasteiger partial charge in [-0.1, -0.05) is 0 Å². The summed E-state index contributed by atoms with van der Waals surface area (Å²) >= 11 is 0. The highest BCUT2D eigenvalue weighted by Crippen LogP contribution is 2.40. The number of likely N-dealkylation sites (N-methyl/N-ethyl adjacent to an activating group) is 1. The van der Waals surface area contributed by atoms with E-state index in [2.05, 4.69) is 21.4 Å². The number of nitrogens with zero attached hydrogens (tertiary/aromatic N) is 5. The number of anilines is 1. The number of piperidine rings is 1. The molecule has 0 radical (unpaired) electrons. The summed E-state index contributed by atoms with van der Waals surface area (Å²) in [5.41, 5.74) is -0.831. The lowest BCUT2D eigenvalue weighted by atomic mass is 9.74. The Balaban J connectivity index is 1.69. The molecule has 2 aliphatic rings. The van der Waals surface area contributed by atoms with Crippen molar-refractivity contribution in [3.8, 4) is 6.07 Å². The van der Waals surface area contributed by atoms with E-state index >= 15 is 0 Å². The van der Waals surface area contributed by atoms with Crippen molar-refractivity contribution >= 4 is 11.7 Å². The molecule has 1 spiro atoms. The van der Waals surface area contributed by atoms with Crippen LogP contribution in [0.2, 0.25) is 0 Å². The third-order valence-corrected chi connectivity index (χ3v) is 5.62. The number of aromatic nitrogens is 2. The first-order valence-electron chi connectivity index (χ1n) is 9.51. The highest BCUT2D eigenvalue weighted by atomic mass is 16.5. The van der Waals surface area contributed by atoms with E-state index in [1.807, 2.05) is 25.9 Å². The van der Waals surface area contributed by atoms with Gasteiger partial charge in [0.15, 0.2) is 11.5 Å². The van der Waals surface area contributed by atoms with Crippen LogP contribution in [0, 0.1) is 11.3 Å². The van der Waals surface area contributed by atoms with Crippen molar-refractivity contribution in [1.82, 2.24) is 20.2 Å². The molecule has 2 saturated heterocycles. The van der Waals surface area contributed by atoms with Gasteiger partial charge in [0, 0.05) is 31.9 Å². The van der Waals surface area contributed by atoms with E-state index in [1.165, 1.54) is 6.20 Å². The molecule has 1 aromatic heterocycles. The number of rotatable bonds is 4. The molecule has 9 heteroatoms. The summed E-state index contributed by atoms with van der Waals surface area (Å²) in [7, 11) is 3.67. The lowest BCUT2D eigenvalue weighted by Gasteiger charge is -2.52. The van der Waals surface area contributed by atoms with E-state index in [4.69, 9.17) is 4.74 Å². The molecule has 0 saturated carbocycles. The van der Waals surface area contributed by atoms with Gasteiger partial charge in [0.25, 0.3) is 0 Å². The van der Waals surface area contributed by atoms with Crippen LogP contribution in [0.5, 0.6) is 0 Å². The number of aliphatic hydroxyl groups is 1. The zero-order chi connectivity index (χ0) is 20.4. The molecule has 0 aliphatic carbocycles. The molecule has 2 atom stereocenters. The minimum atomic E-state index is -0.757. The highest BCUT2D eigenvalue weighted by Gasteiger charge is 2.50. The van der Waals surface area contributed by atoms with Crippen molar-refractivity contribution in [2.45, 2.75) is 43.4 Å². The molecule has 1 amide bonds. The fourth-order valence-electron chi connectivity index (χ4n) is 4.14. The summed E-state index contributed by atoms with van der Waals surface area (Å²) < 4.78 is 6.08. The van der Waals surface area contributed by atoms with Crippen LogP contribution in [0.25, 0.3) is 0 Å². The average molecular weight is 388 g/mol. The second-order valence-electron chi connectivity index (χ2n) is 8.22. The zero-order valence-corrected chi connectivity index (χ0v) is 16.7. The molecule has 0 unspecified atom stereocenters. The largest absolute Gasteiger partial charge is 0.388 e. The molecule has 3 heterocycles. The smallest absolute Gasteiger partial charge is 0.234 e. The Morgan fingerprint density at radius 3 is 2.75 bits per heavy atom. The molecular formula is C19H28N6O3. The number of nitriles is 1. The van der Waals surface area contributed by atoms with Crippen molar-refractivity contribution in [3.05, 3.63) is 18.1 Å². The van der Waals surface area contributed by atoms with Gasteiger partial charge in [-0.2, -0.15) is 5.26 Å². The Morgan fingerprint density at radius 2 is 2.11 bits per heavy atom. The molecule has 2 N–H and O–H groups in total. The van der Waals surface area contributed by atoms with Crippen LogP contribution >= 0.6 is 0 Å². The van der Waals surface area contributed by atoms with Crippen molar-refractivity contribution in [1.29, 1.82) is 5.26 Å². The van der Waals surface area contributed by atoms with Crippen molar-refractivity contribution in [2.75, 3.05) is 45.2 Å². The Bertz CT molecular complexity index is 756. The van der Waals surface area contributed by atoms with Crippen LogP contribution in [-0.4, -0.2) is 83.5 Å². The van der Waals surface area contributed by atoms with Crippen LogP contribution in [0.15, 0.2) is 12.4 Å². The normalized spacial score (nSPS) is 26.9. The van der Waals surface area contributed by atoms with Gasteiger partial charge >= 0.3 is 0 Å². The van der Waals surface area contributed by atoms with Gasteiger partial charge in [0.1, 0.15) is 12.2 Å². The maximum Gasteiger partial charge on any atom is 0.234 e. The molecule has 9 nitrogen and oxygen atoms in total. The predicted molar refractivity (Wildman–Crippen MR) is 103 cm³/mol. The second kappa shape index (κ2) is 7.99. The maximum absolute atomic E-state index is 12.3. The number of carbonyl (C=O) groups is 1. The van der Waals surface area contributed by atoms with Crippen molar-refractivity contribution < 1.29 is 14.6 Å². The number of amides is 1. The Labute approximate surface area is 165 Å². The molecule has 0 bridgehead atoms. The standard InChI is InChI=1S/C19H28N6O3/c1-18(23-16(27)11-24(2)3)13-19(28-12-15(18)26)4-8-25(9-5-19)17-14(10-20)21-6-7-22-17/h6-7,15,26H,4-5,8-9,11-13H2,1-3H3,(H,23,27)/t15-,18-/m1/s1. The van der Waals surface area contributed by atoms with Crippen LogP contribution in [0.1, 0.15) is 31.9 Å². The number of hydrogen-bond donors (Lipinski definition) is 2. The molecule has 152 valence electrons. The fourth-order valence-corrected chi connectivity index (χ4v) is 4.14. The Hall–Kier alpha value is -2.28. The van der Waals surface area contributed by atoms with Gasteiger partial charge in [-0.15, -0.1) is 0 Å². The van der Waals surface area contributed by atoms with Gasteiger partial charge < -0.3 is 25.0 Å². The SMILES string of the molecule is CN(C)CC(=O)N[C@]1(C)CC2(CCN(c3nccnc3C#N)CC2)OC[C@H]1O. The van der Waals surface area contributed by atoms with Crippen LogP contribution < -0.4 is 10.2 Å². The highest BCUT2D eigenvalue weighted by molar-refractivity contribution is 5.78. The molecule has 28 heavy (non-hydrogen) atoms. The average Bonchev–Trinajstić information content (AvgIpc) is 2.65. The Kier molecular flexibility index (Phi) is 5.84. The third kappa shape index (κ3) is 4.24.